The Labute approximate surface area is 134 Å². The van der Waals surface area contributed by atoms with Crippen LogP contribution in [0.1, 0.15) is 24.1 Å². The number of nitrogens with two attached hydrogens (primary N) is 1. The summed E-state index contributed by atoms with van der Waals surface area (Å²) in [5.41, 5.74) is 9.15. The van der Waals surface area contributed by atoms with Gasteiger partial charge in [-0.25, -0.2) is 19.9 Å². The average Bonchev–Trinajstić information content (AvgIpc) is 2.89. The highest BCUT2D eigenvalue weighted by Crippen LogP contribution is 2.30. The number of morpholine rings is 1. The van der Waals surface area contributed by atoms with Gasteiger partial charge in [0.15, 0.2) is 0 Å². The number of ether oxygens (including phenoxy) is 1. The van der Waals surface area contributed by atoms with E-state index in [0.29, 0.717) is 18.0 Å². The van der Waals surface area contributed by atoms with Gasteiger partial charge in [0.2, 0.25) is 5.95 Å². The lowest BCUT2D eigenvalue weighted by Crippen LogP contribution is -2.43. The molecular formula is C16H20N6O. The lowest BCUT2D eigenvalue weighted by Gasteiger charge is -2.32. The summed E-state index contributed by atoms with van der Waals surface area (Å²) in [5.74, 6) is 1.16. The Balaban J connectivity index is 1.72. The molecule has 7 nitrogen and oxygen atoms in total. The van der Waals surface area contributed by atoms with Gasteiger partial charge in [-0.1, -0.05) is 0 Å². The first-order valence-corrected chi connectivity index (χ1v) is 7.93. The summed E-state index contributed by atoms with van der Waals surface area (Å²) >= 11 is 0. The predicted octanol–water partition coefficient (Wildman–Crippen LogP) is 1.50. The monoisotopic (exact) mass is 312 g/mol. The average molecular weight is 312 g/mol. The molecule has 120 valence electrons. The number of hydrogen-bond donors (Lipinski definition) is 1. The molecule has 2 aromatic rings. The lowest BCUT2D eigenvalue weighted by molar-refractivity contribution is 0.0299. The van der Waals surface area contributed by atoms with E-state index in [2.05, 4.69) is 19.9 Å². The van der Waals surface area contributed by atoms with Crippen LogP contribution in [0.4, 0.5) is 11.8 Å². The normalized spacial score (nSPS) is 23.3. The maximum Gasteiger partial charge on any atom is 0.226 e. The van der Waals surface area contributed by atoms with Crippen LogP contribution in [0.25, 0.3) is 11.4 Å². The van der Waals surface area contributed by atoms with Gasteiger partial charge in [-0.05, 0) is 32.3 Å². The minimum atomic E-state index is 0.304. The van der Waals surface area contributed by atoms with E-state index in [1.807, 2.05) is 13.8 Å². The van der Waals surface area contributed by atoms with Gasteiger partial charge < -0.3 is 15.4 Å². The molecule has 0 saturated carbocycles. The van der Waals surface area contributed by atoms with Gasteiger partial charge in [-0.2, -0.15) is 0 Å². The van der Waals surface area contributed by atoms with E-state index in [9.17, 15) is 0 Å². The summed E-state index contributed by atoms with van der Waals surface area (Å²) < 4.78 is 5.90. The molecule has 2 unspecified atom stereocenters. The van der Waals surface area contributed by atoms with Crippen molar-refractivity contribution < 1.29 is 4.74 Å². The van der Waals surface area contributed by atoms with Gasteiger partial charge in [0, 0.05) is 18.8 Å². The summed E-state index contributed by atoms with van der Waals surface area (Å²) in [6.07, 6.45) is 6.08. The summed E-state index contributed by atoms with van der Waals surface area (Å²) in [7, 11) is 0. The van der Waals surface area contributed by atoms with E-state index < -0.39 is 0 Å². The molecule has 0 amide bonds. The molecule has 2 aliphatic heterocycles. The van der Waals surface area contributed by atoms with Crippen LogP contribution in [-0.4, -0.2) is 45.2 Å². The fourth-order valence-corrected chi connectivity index (χ4v) is 3.24. The molecule has 0 aliphatic carbocycles. The quantitative estimate of drug-likeness (QED) is 0.898. The number of hydrogen-bond acceptors (Lipinski definition) is 7. The predicted molar refractivity (Wildman–Crippen MR) is 87.1 cm³/mol. The minimum Gasteiger partial charge on any atom is -0.382 e. The number of nitrogens with zero attached hydrogens (tertiary/aromatic N) is 5. The van der Waals surface area contributed by atoms with Crippen molar-refractivity contribution in [3.8, 4) is 11.4 Å². The standard InChI is InChI=1S/C16H20N6O/c1-9-10(2)20-16(22-7-11-3-4-12(8-22)23-11)21-15(9)13-5-19-14(17)6-18-13/h5-6,11-12H,3-4,7-8H2,1-2H3,(H2,17,19). The molecule has 0 radical (unpaired) electrons. The number of fused-ring (bicyclic) bond motifs is 2. The van der Waals surface area contributed by atoms with E-state index in [1.165, 1.54) is 0 Å². The van der Waals surface area contributed by atoms with Crippen LogP contribution in [0, 0.1) is 13.8 Å². The largest absolute Gasteiger partial charge is 0.382 e. The molecule has 4 rings (SSSR count). The van der Waals surface area contributed by atoms with Crippen LogP contribution in [-0.2, 0) is 4.74 Å². The van der Waals surface area contributed by atoms with Crippen molar-refractivity contribution in [2.24, 2.45) is 0 Å². The maximum absolute atomic E-state index is 5.90. The first kappa shape index (κ1) is 14.3. The molecule has 4 heterocycles. The van der Waals surface area contributed by atoms with E-state index in [0.717, 1.165) is 54.5 Å². The lowest BCUT2D eigenvalue weighted by atomic mass is 10.1. The Morgan fingerprint density at radius 2 is 1.83 bits per heavy atom. The van der Waals surface area contributed by atoms with Crippen molar-refractivity contribution >= 4 is 11.8 Å². The molecule has 2 fully saturated rings. The van der Waals surface area contributed by atoms with Crippen molar-refractivity contribution in [3.63, 3.8) is 0 Å². The summed E-state index contributed by atoms with van der Waals surface area (Å²) in [6.45, 7) is 5.72. The Morgan fingerprint density at radius 1 is 1.09 bits per heavy atom. The van der Waals surface area contributed by atoms with Crippen LogP contribution >= 0.6 is 0 Å². The van der Waals surface area contributed by atoms with Crippen LogP contribution < -0.4 is 10.6 Å². The molecule has 2 atom stereocenters. The minimum absolute atomic E-state index is 0.304. The molecule has 0 spiro atoms. The molecule has 2 bridgehead atoms. The molecule has 2 aromatic heterocycles. The second-order valence-corrected chi connectivity index (χ2v) is 6.27. The number of aryl methyl sites for hydroxylation is 1. The van der Waals surface area contributed by atoms with Gasteiger partial charge in [-0.15, -0.1) is 0 Å². The van der Waals surface area contributed by atoms with Gasteiger partial charge in [0.1, 0.15) is 11.5 Å². The van der Waals surface area contributed by atoms with Gasteiger partial charge in [-0.3, -0.25) is 0 Å². The zero-order valence-electron chi connectivity index (χ0n) is 13.4. The smallest absolute Gasteiger partial charge is 0.226 e. The van der Waals surface area contributed by atoms with E-state index in [1.54, 1.807) is 12.4 Å². The maximum atomic E-state index is 5.90. The summed E-state index contributed by atoms with van der Waals surface area (Å²) in [5, 5.41) is 0. The SMILES string of the molecule is Cc1nc(N2CC3CCC(C2)O3)nc(-c2cnc(N)cn2)c1C. The Kier molecular flexibility index (Phi) is 3.37. The molecule has 0 aromatic carbocycles. The molecule has 23 heavy (non-hydrogen) atoms. The third-order valence-corrected chi connectivity index (χ3v) is 4.62. The van der Waals surface area contributed by atoms with Crippen LogP contribution in [0.3, 0.4) is 0 Å². The van der Waals surface area contributed by atoms with E-state index in [-0.39, 0.29) is 0 Å². The Bertz CT molecular complexity index is 720. The van der Waals surface area contributed by atoms with Crippen molar-refractivity contribution in [3.05, 3.63) is 23.7 Å². The van der Waals surface area contributed by atoms with Gasteiger partial charge in [0.25, 0.3) is 0 Å². The molecule has 7 heteroatoms. The van der Waals surface area contributed by atoms with Crippen molar-refractivity contribution in [2.45, 2.75) is 38.9 Å². The van der Waals surface area contributed by atoms with Gasteiger partial charge >= 0.3 is 0 Å². The first-order valence-electron chi connectivity index (χ1n) is 7.93. The summed E-state index contributed by atoms with van der Waals surface area (Å²) in [4.78, 5) is 20.2. The molecular weight excluding hydrogens is 292 g/mol. The number of nitrogen functional groups attached to an aromatic ring is 1. The number of rotatable bonds is 2. The third-order valence-electron chi connectivity index (χ3n) is 4.62. The second-order valence-electron chi connectivity index (χ2n) is 6.27. The first-order chi connectivity index (χ1) is 11.1. The Morgan fingerprint density at radius 3 is 2.48 bits per heavy atom. The highest BCUT2D eigenvalue weighted by molar-refractivity contribution is 5.61. The fourth-order valence-electron chi connectivity index (χ4n) is 3.24. The van der Waals surface area contributed by atoms with Crippen LogP contribution in [0.15, 0.2) is 12.4 Å². The molecule has 2 aliphatic rings. The molecule has 2 saturated heterocycles. The highest BCUT2D eigenvalue weighted by atomic mass is 16.5. The number of anilines is 2. The van der Waals surface area contributed by atoms with Crippen molar-refractivity contribution in [1.82, 2.24) is 19.9 Å². The molecule has 2 N–H and O–H groups in total. The topological polar surface area (TPSA) is 90.0 Å². The van der Waals surface area contributed by atoms with Crippen LogP contribution in [0.5, 0.6) is 0 Å². The van der Waals surface area contributed by atoms with Crippen molar-refractivity contribution in [2.75, 3.05) is 23.7 Å². The van der Waals surface area contributed by atoms with E-state index in [4.69, 9.17) is 15.5 Å². The third kappa shape index (κ3) is 2.61. The summed E-state index contributed by atoms with van der Waals surface area (Å²) in [6, 6.07) is 0. The van der Waals surface area contributed by atoms with Gasteiger partial charge in [0.05, 0.1) is 30.3 Å². The van der Waals surface area contributed by atoms with E-state index >= 15 is 0 Å². The zero-order chi connectivity index (χ0) is 16.0. The second kappa shape index (κ2) is 5.42. The number of aromatic nitrogens is 4. The fraction of sp³-hybridized carbons (Fsp3) is 0.500. The highest BCUT2D eigenvalue weighted by Gasteiger charge is 2.35. The van der Waals surface area contributed by atoms with Crippen LogP contribution in [0.2, 0.25) is 0 Å². The van der Waals surface area contributed by atoms with Crippen molar-refractivity contribution in [1.29, 1.82) is 0 Å². The Hall–Kier alpha value is -2.28. The zero-order valence-corrected chi connectivity index (χ0v) is 13.4.